The second-order valence-corrected chi connectivity index (χ2v) is 8.17. The van der Waals surface area contributed by atoms with E-state index in [9.17, 15) is 9.90 Å². The molecule has 2 fully saturated rings. The molecule has 1 aromatic heterocycles. The number of fused-ring (bicyclic) bond motifs is 2. The highest BCUT2D eigenvalue weighted by atomic mass is 32.1. The highest BCUT2D eigenvalue weighted by Gasteiger charge is 2.35. The van der Waals surface area contributed by atoms with Crippen LogP contribution in [0.25, 0.3) is 0 Å². The molecule has 6 heteroatoms. The summed E-state index contributed by atoms with van der Waals surface area (Å²) in [5, 5.41) is 16.1. The minimum Gasteiger partial charge on any atom is -0.508 e. The van der Waals surface area contributed by atoms with Crippen LogP contribution in [0.4, 0.5) is 9.80 Å². The van der Waals surface area contributed by atoms with E-state index < -0.39 is 0 Å². The number of phenolic OH excluding ortho intramolecular Hbond substituents is 1. The first kappa shape index (κ1) is 17.4. The molecule has 0 aliphatic carbocycles. The Balaban J connectivity index is 1.42. The number of carbonyl (C=O) groups is 1. The molecule has 2 aliphatic rings. The topological polar surface area (TPSA) is 61.8 Å². The Morgan fingerprint density at radius 1 is 1.31 bits per heavy atom. The van der Waals surface area contributed by atoms with Crippen molar-refractivity contribution in [1.82, 2.24) is 5.32 Å². The lowest BCUT2D eigenvalue weighted by molar-refractivity contribution is 0.0731. The van der Waals surface area contributed by atoms with Crippen LogP contribution in [0.15, 0.2) is 35.7 Å². The zero-order valence-electron chi connectivity index (χ0n) is 14.9. The number of hydrogen-bond donors (Lipinski definition) is 2. The third-order valence-corrected chi connectivity index (χ3v) is 6.34. The molecule has 2 aromatic rings. The van der Waals surface area contributed by atoms with E-state index in [1.807, 2.05) is 23.6 Å². The van der Waals surface area contributed by atoms with E-state index in [2.05, 4.69) is 5.32 Å². The van der Waals surface area contributed by atoms with Gasteiger partial charge >= 0.3 is 6.09 Å². The number of anilines is 1. The van der Waals surface area contributed by atoms with Crippen LogP contribution >= 0.6 is 11.3 Å². The number of ether oxygens (including phenoxy) is 1. The maximum atomic E-state index is 12.7. The first-order chi connectivity index (χ1) is 12.6. The number of rotatable bonds is 4. The Bertz CT molecular complexity index is 779. The molecule has 2 saturated heterocycles. The fourth-order valence-corrected chi connectivity index (χ4v) is 4.93. The van der Waals surface area contributed by atoms with Crippen LogP contribution in [-0.2, 0) is 11.2 Å². The maximum Gasteiger partial charge on any atom is 0.414 e. The molecule has 2 aliphatic heterocycles. The van der Waals surface area contributed by atoms with Crippen LogP contribution in [0.5, 0.6) is 5.75 Å². The molecule has 0 spiro atoms. The molecular formula is C20H24N2O3S. The molecule has 4 rings (SSSR count). The van der Waals surface area contributed by atoms with Crippen molar-refractivity contribution < 1.29 is 14.6 Å². The summed E-state index contributed by atoms with van der Waals surface area (Å²) in [6.45, 7) is 0. The zero-order valence-corrected chi connectivity index (χ0v) is 15.7. The van der Waals surface area contributed by atoms with Gasteiger partial charge in [-0.1, -0.05) is 12.1 Å². The molecule has 0 saturated carbocycles. The van der Waals surface area contributed by atoms with Crippen molar-refractivity contribution in [3.63, 3.8) is 0 Å². The molecule has 3 heterocycles. The Labute approximate surface area is 157 Å². The lowest BCUT2D eigenvalue weighted by Gasteiger charge is -2.30. The maximum absolute atomic E-state index is 12.7. The number of nitrogens with zero attached hydrogens (tertiary/aromatic N) is 1. The van der Waals surface area contributed by atoms with Gasteiger partial charge in [0, 0.05) is 25.6 Å². The van der Waals surface area contributed by atoms with E-state index in [-0.39, 0.29) is 17.9 Å². The standard InChI is InChI=1S/C20H24N2O3S/c1-22(20(24)25-18-11-15-5-6-16(12-18)21-15)19-14(7-8-26-19)9-13-3-2-4-17(23)10-13/h2-4,7-8,10,15-16,18,21,23H,5-6,9,11-12H2,1H3. The second kappa shape index (κ2) is 7.29. The van der Waals surface area contributed by atoms with Crippen LogP contribution in [0.1, 0.15) is 36.8 Å². The number of benzene rings is 1. The molecule has 1 amide bonds. The van der Waals surface area contributed by atoms with Crippen molar-refractivity contribution in [2.75, 3.05) is 11.9 Å². The highest BCUT2D eigenvalue weighted by molar-refractivity contribution is 7.14. The summed E-state index contributed by atoms with van der Waals surface area (Å²) in [5.41, 5.74) is 2.08. The van der Waals surface area contributed by atoms with Gasteiger partial charge in [0.1, 0.15) is 16.9 Å². The lowest BCUT2D eigenvalue weighted by Crippen LogP contribution is -2.43. The number of aromatic hydroxyl groups is 1. The largest absolute Gasteiger partial charge is 0.508 e. The normalized spacial score (nSPS) is 24.4. The van der Waals surface area contributed by atoms with Crippen LogP contribution in [0.2, 0.25) is 0 Å². The van der Waals surface area contributed by atoms with Gasteiger partial charge in [0.15, 0.2) is 0 Å². The summed E-state index contributed by atoms with van der Waals surface area (Å²) in [5.74, 6) is 0.257. The van der Waals surface area contributed by atoms with Crippen molar-refractivity contribution in [1.29, 1.82) is 0 Å². The van der Waals surface area contributed by atoms with Gasteiger partial charge in [0.2, 0.25) is 0 Å². The van der Waals surface area contributed by atoms with E-state index in [0.717, 1.165) is 29.0 Å². The first-order valence-electron chi connectivity index (χ1n) is 9.13. The van der Waals surface area contributed by atoms with Crippen LogP contribution in [0, 0.1) is 0 Å². The Kier molecular flexibility index (Phi) is 4.87. The summed E-state index contributed by atoms with van der Waals surface area (Å²) in [4.78, 5) is 14.3. The summed E-state index contributed by atoms with van der Waals surface area (Å²) in [6, 6.07) is 10.3. The monoisotopic (exact) mass is 372 g/mol. The van der Waals surface area contributed by atoms with Gasteiger partial charge in [0.05, 0.1) is 0 Å². The first-order valence-corrected chi connectivity index (χ1v) is 10.0. The van der Waals surface area contributed by atoms with Crippen molar-refractivity contribution in [2.24, 2.45) is 0 Å². The van der Waals surface area contributed by atoms with Gasteiger partial charge in [0.25, 0.3) is 0 Å². The molecular weight excluding hydrogens is 348 g/mol. The van der Waals surface area contributed by atoms with Crippen LogP contribution < -0.4 is 10.2 Å². The Hall–Kier alpha value is -2.05. The number of hydrogen-bond acceptors (Lipinski definition) is 5. The Morgan fingerprint density at radius 3 is 2.81 bits per heavy atom. The van der Waals surface area contributed by atoms with E-state index in [4.69, 9.17) is 4.74 Å². The average Bonchev–Trinajstić information content (AvgIpc) is 3.20. The third-order valence-electron chi connectivity index (χ3n) is 5.30. The molecule has 1 aromatic carbocycles. The molecule has 2 N–H and O–H groups in total. The zero-order chi connectivity index (χ0) is 18.1. The van der Waals surface area contributed by atoms with Crippen molar-refractivity contribution >= 4 is 22.4 Å². The van der Waals surface area contributed by atoms with Crippen molar-refractivity contribution in [3.05, 3.63) is 46.8 Å². The van der Waals surface area contributed by atoms with Gasteiger partial charge < -0.3 is 15.2 Å². The van der Waals surface area contributed by atoms with Gasteiger partial charge in [-0.15, -0.1) is 11.3 Å². The van der Waals surface area contributed by atoms with E-state index in [1.54, 1.807) is 24.1 Å². The lowest BCUT2D eigenvalue weighted by atomic mass is 10.0. The minimum absolute atomic E-state index is 0.0122. The van der Waals surface area contributed by atoms with Gasteiger partial charge in [-0.25, -0.2) is 4.79 Å². The van der Waals surface area contributed by atoms with E-state index in [0.29, 0.717) is 18.5 Å². The van der Waals surface area contributed by atoms with Crippen LogP contribution in [0.3, 0.4) is 0 Å². The van der Waals surface area contributed by atoms with Crippen molar-refractivity contribution in [3.8, 4) is 5.75 Å². The minimum atomic E-state index is -0.282. The van der Waals surface area contributed by atoms with E-state index >= 15 is 0 Å². The number of piperidine rings is 1. The highest BCUT2D eigenvalue weighted by Crippen LogP contribution is 2.32. The van der Waals surface area contributed by atoms with Gasteiger partial charge in [-0.2, -0.15) is 0 Å². The fraction of sp³-hybridized carbons (Fsp3) is 0.450. The molecule has 2 atom stereocenters. The van der Waals surface area contributed by atoms with Crippen LogP contribution in [-0.4, -0.2) is 36.4 Å². The molecule has 138 valence electrons. The number of nitrogens with one attached hydrogen (secondary N) is 1. The fourth-order valence-electron chi connectivity index (χ4n) is 4.05. The second-order valence-electron chi connectivity index (χ2n) is 7.27. The summed E-state index contributed by atoms with van der Waals surface area (Å²) >= 11 is 1.54. The molecule has 2 bridgehead atoms. The molecule has 26 heavy (non-hydrogen) atoms. The Morgan fingerprint density at radius 2 is 2.08 bits per heavy atom. The summed E-state index contributed by atoms with van der Waals surface area (Å²) in [6.07, 6.45) is 4.60. The number of phenols is 1. The van der Waals surface area contributed by atoms with Gasteiger partial charge in [-0.05, 0) is 60.4 Å². The predicted molar refractivity (Wildman–Crippen MR) is 103 cm³/mol. The third kappa shape index (κ3) is 3.71. The number of carbonyl (C=O) groups excluding carboxylic acids is 1. The number of amides is 1. The molecule has 0 radical (unpaired) electrons. The molecule has 2 unspecified atom stereocenters. The predicted octanol–water partition coefficient (Wildman–Crippen LogP) is 3.90. The average molecular weight is 372 g/mol. The van der Waals surface area contributed by atoms with E-state index in [1.165, 1.54) is 24.2 Å². The summed E-state index contributed by atoms with van der Waals surface area (Å²) in [7, 11) is 1.77. The smallest absolute Gasteiger partial charge is 0.414 e. The SMILES string of the molecule is CN(C(=O)OC1CC2CCC(C1)N2)c1sccc1Cc1cccc(O)c1. The quantitative estimate of drug-likeness (QED) is 0.854. The summed E-state index contributed by atoms with van der Waals surface area (Å²) < 4.78 is 5.80. The number of thiophene rings is 1. The van der Waals surface area contributed by atoms with Gasteiger partial charge in [-0.3, -0.25) is 4.90 Å². The molecule has 5 nitrogen and oxygen atoms in total. The van der Waals surface area contributed by atoms with Crippen molar-refractivity contribution in [2.45, 2.75) is 50.3 Å².